The van der Waals surface area contributed by atoms with Crippen LogP contribution in [0.15, 0.2) is 0 Å². The minimum Gasteiger partial charge on any atom is -0.468 e. The van der Waals surface area contributed by atoms with E-state index in [2.05, 4.69) is 15.6 Å². The summed E-state index contributed by atoms with van der Waals surface area (Å²) in [5, 5.41) is 1.72. The van der Waals surface area contributed by atoms with Crippen LogP contribution in [-0.4, -0.2) is 37.8 Å². The van der Waals surface area contributed by atoms with Crippen LogP contribution in [0.3, 0.4) is 0 Å². The molecule has 0 aromatic carbocycles. The molecule has 1 saturated heterocycles. The van der Waals surface area contributed by atoms with Crippen LogP contribution in [0.2, 0.25) is 0 Å². The summed E-state index contributed by atoms with van der Waals surface area (Å²) in [6.45, 7) is 2.06. The normalized spacial score (nSPS) is 20.6. The number of carbonyl (C=O) groups is 1. The highest BCUT2D eigenvalue weighted by molar-refractivity contribution is 5.71. The third-order valence-corrected chi connectivity index (χ3v) is 2.22. The summed E-state index contributed by atoms with van der Waals surface area (Å²) in [6.07, 6.45) is 4.81. The monoisotopic (exact) mass is 201 g/mol. The Bertz CT molecular complexity index is 165. The second-order valence-corrected chi connectivity index (χ2v) is 3.39. The van der Waals surface area contributed by atoms with E-state index in [1.165, 1.54) is 20.0 Å². The van der Waals surface area contributed by atoms with Gasteiger partial charge in [-0.1, -0.05) is 12.8 Å². The first-order valence-electron chi connectivity index (χ1n) is 5.14. The first-order valence-corrected chi connectivity index (χ1v) is 5.14. The Balaban J connectivity index is 2.28. The maximum Gasteiger partial charge on any atom is 0.322 e. The molecule has 1 heterocycles. The van der Waals surface area contributed by atoms with Gasteiger partial charge in [0.1, 0.15) is 6.54 Å². The Labute approximate surface area is 84.7 Å². The van der Waals surface area contributed by atoms with Crippen molar-refractivity contribution >= 4 is 5.97 Å². The van der Waals surface area contributed by atoms with Crippen LogP contribution in [0.25, 0.3) is 0 Å². The highest BCUT2D eigenvalue weighted by Crippen LogP contribution is 2.00. The van der Waals surface area contributed by atoms with E-state index in [1.54, 1.807) is 5.12 Å². The van der Waals surface area contributed by atoms with E-state index in [9.17, 15) is 4.79 Å². The fraction of sp³-hybridized carbons (Fsp3) is 0.889. The van der Waals surface area contributed by atoms with E-state index in [0.717, 1.165) is 25.9 Å². The van der Waals surface area contributed by atoms with Crippen molar-refractivity contribution in [2.24, 2.45) is 0 Å². The van der Waals surface area contributed by atoms with Crippen molar-refractivity contribution in [1.82, 2.24) is 16.0 Å². The molecule has 0 radical (unpaired) electrons. The number of nitrogens with one attached hydrogen (secondary N) is 2. The Kier molecular flexibility index (Phi) is 5.51. The molecule has 0 aliphatic carbocycles. The van der Waals surface area contributed by atoms with E-state index in [1.807, 2.05) is 0 Å². The maximum absolute atomic E-state index is 11.0. The van der Waals surface area contributed by atoms with Gasteiger partial charge in [-0.25, -0.2) is 10.9 Å². The number of rotatable bonds is 2. The molecule has 1 aliphatic heterocycles. The molecule has 0 spiro atoms. The van der Waals surface area contributed by atoms with Gasteiger partial charge in [0.2, 0.25) is 0 Å². The quantitative estimate of drug-likeness (QED) is 0.618. The number of hydrogen-bond donors (Lipinski definition) is 2. The van der Waals surface area contributed by atoms with Gasteiger partial charge < -0.3 is 4.74 Å². The number of ether oxygens (including phenoxy) is 1. The van der Waals surface area contributed by atoms with Crippen molar-refractivity contribution in [2.45, 2.75) is 25.7 Å². The second-order valence-electron chi connectivity index (χ2n) is 3.39. The minimum atomic E-state index is -0.232. The Morgan fingerprint density at radius 3 is 2.29 bits per heavy atom. The smallest absolute Gasteiger partial charge is 0.322 e. The molecule has 0 amide bonds. The van der Waals surface area contributed by atoms with Crippen LogP contribution >= 0.6 is 0 Å². The lowest BCUT2D eigenvalue weighted by Gasteiger charge is -2.21. The number of hydrazine groups is 2. The predicted molar refractivity (Wildman–Crippen MR) is 53.2 cm³/mol. The molecule has 0 bridgehead atoms. The van der Waals surface area contributed by atoms with Crippen molar-refractivity contribution in [3.63, 3.8) is 0 Å². The number of carbonyl (C=O) groups excluding carboxylic acids is 1. The lowest BCUT2D eigenvalue weighted by molar-refractivity contribution is -0.143. The largest absolute Gasteiger partial charge is 0.468 e. The molecule has 82 valence electrons. The van der Waals surface area contributed by atoms with E-state index >= 15 is 0 Å². The van der Waals surface area contributed by atoms with Crippen molar-refractivity contribution in [3.8, 4) is 0 Å². The third-order valence-electron chi connectivity index (χ3n) is 2.22. The zero-order valence-corrected chi connectivity index (χ0v) is 8.71. The average molecular weight is 201 g/mol. The van der Waals surface area contributed by atoms with Crippen molar-refractivity contribution < 1.29 is 9.53 Å². The van der Waals surface area contributed by atoms with Gasteiger partial charge in [0.15, 0.2) is 0 Å². The molecular weight excluding hydrogens is 182 g/mol. The molecular formula is C9H19N3O2. The molecule has 0 unspecified atom stereocenters. The predicted octanol–water partition coefficient (Wildman–Crippen LogP) is 0.0446. The Morgan fingerprint density at radius 2 is 1.79 bits per heavy atom. The van der Waals surface area contributed by atoms with Crippen molar-refractivity contribution in [2.75, 3.05) is 26.7 Å². The van der Waals surface area contributed by atoms with Crippen molar-refractivity contribution in [3.05, 3.63) is 0 Å². The fourth-order valence-electron chi connectivity index (χ4n) is 1.39. The highest BCUT2D eigenvalue weighted by atomic mass is 16.5. The van der Waals surface area contributed by atoms with Crippen LogP contribution < -0.4 is 10.9 Å². The summed E-state index contributed by atoms with van der Waals surface area (Å²) >= 11 is 0. The molecule has 14 heavy (non-hydrogen) atoms. The van der Waals surface area contributed by atoms with Crippen LogP contribution in [0, 0.1) is 0 Å². The molecule has 0 atom stereocenters. The molecule has 1 aliphatic rings. The minimum absolute atomic E-state index is 0.232. The summed E-state index contributed by atoms with van der Waals surface area (Å²) in [5.74, 6) is -0.232. The van der Waals surface area contributed by atoms with E-state index in [0.29, 0.717) is 0 Å². The van der Waals surface area contributed by atoms with Gasteiger partial charge in [-0.3, -0.25) is 4.79 Å². The number of methoxy groups -OCH3 is 1. The SMILES string of the molecule is COC(=O)CN1NCCCCCCN1. The topological polar surface area (TPSA) is 53.6 Å². The van der Waals surface area contributed by atoms with E-state index in [4.69, 9.17) is 0 Å². The summed E-state index contributed by atoms with van der Waals surface area (Å²) in [7, 11) is 1.40. The van der Waals surface area contributed by atoms with Crippen LogP contribution in [0.1, 0.15) is 25.7 Å². The molecule has 5 heteroatoms. The standard InChI is InChI=1S/C9H19N3O2/c1-14-9(13)8-12-10-6-4-2-3-5-7-11-12/h10-11H,2-8H2,1H3. The van der Waals surface area contributed by atoms with Crippen LogP contribution in [0.5, 0.6) is 0 Å². The van der Waals surface area contributed by atoms with E-state index in [-0.39, 0.29) is 12.5 Å². The zero-order valence-electron chi connectivity index (χ0n) is 8.71. The maximum atomic E-state index is 11.0. The van der Waals surface area contributed by atoms with Gasteiger partial charge in [0, 0.05) is 13.1 Å². The molecule has 1 rings (SSSR count). The van der Waals surface area contributed by atoms with Gasteiger partial charge in [-0.05, 0) is 12.8 Å². The summed E-state index contributed by atoms with van der Waals surface area (Å²) in [6, 6.07) is 0. The van der Waals surface area contributed by atoms with Crippen molar-refractivity contribution in [1.29, 1.82) is 0 Å². The van der Waals surface area contributed by atoms with Gasteiger partial charge in [0.05, 0.1) is 7.11 Å². The van der Waals surface area contributed by atoms with Gasteiger partial charge in [-0.15, -0.1) is 0 Å². The molecule has 0 aromatic rings. The molecule has 1 fully saturated rings. The summed E-state index contributed by atoms with van der Waals surface area (Å²) in [4.78, 5) is 11.0. The van der Waals surface area contributed by atoms with Gasteiger partial charge in [0.25, 0.3) is 0 Å². The average Bonchev–Trinajstić information content (AvgIpc) is 2.31. The first-order chi connectivity index (χ1) is 6.83. The Morgan fingerprint density at radius 1 is 1.21 bits per heavy atom. The number of hydrogen-bond acceptors (Lipinski definition) is 5. The van der Waals surface area contributed by atoms with Gasteiger partial charge in [-0.2, -0.15) is 5.12 Å². The fourth-order valence-corrected chi connectivity index (χ4v) is 1.39. The van der Waals surface area contributed by atoms with Gasteiger partial charge >= 0.3 is 5.97 Å². The summed E-state index contributed by atoms with van der Waals surface area (Å²) in [5.41, 5.74) is 6.30. The highest BCUT2D eigenvalue weighted by Gasteiger charge is 2.10. The lowest BCUT2D eigenvalue weighted by atomic mass is 10.2. The second kappa shape index (κ2) is 6.75. The molecule has 2 N–H and O–H groups in total. The zero-order chi connectivity index (χ0) is 10.2. The third kappa shape index (κ3) is 4.55. The Hall–Kier alpha value is -0.650. The molecule has 0 saturated carbocycles. The summed E-state index contributed by atoms with van der Waals surface area (Å²) < 4.78 is 4.60. The number of esters is 1. The lowest BCUT2D eigenvalue weighted by Crippen LogP contribution is -2.51. The van der Waals surface area contributed by atoms with E-state index < -0.39 is 0 Å². The van der Waals surface area contributed by atoms with Crippen LogP contribution in [0.4, 0.5) is 0 Å². The molecule has 0 aromatic heterocycles. The molecule has 5 nitrogen and oxygen atoms in total. The first kappa shape index (κ1) is 11.4. The number of nitrogens with zero attached hydrogens (tertiary/aromatic N) is 1. The van der Waals surface area contributed by atoms with Crippen LogP contribution in [-0.2, 0) is 9.53 Å².